The van der Waals surface area contributed by atoms with E-state index in [1.54, 1.807) is 6.08 Å². The van der Waals surface area contributed by atoms with Gasteiger partial charge in [0.25, 0.3) is 0 Å². The first-order valence-electron chi connectivity index (χ1n) is 12.9. The molecule has 3 aromatic carbocycles. The van der Waals surface area contributed by atoms with Crippen molar-refractivity contribution in [3.05, 3.63) is 95.6 Å². The standard InChI is InChI=1S/C26H27N5O2.2C2H6/c1-30-29-25(22-9-12-24-21(17-22)13-15-26(27,28)33-24)31(30)16-14-19-7-10-23(11-8-19)32-18-20-5-3-2-4-6-20;2*1-2/h2-13,15,17H,14,16,18,27-28H2,1H3;2*1-2H3. The minimum Gasteiger partial charge on any atom is -0.489 e. The number of hydrogen-bond donors (Lipinski definition) is 2. The van der Waals surface area contributed by atoms with E-state index < -0.39 is 5.85 Å². The first kappa shape index (κ1) is 27.8. The largest absolute Gasteiger partial charge is 0.489 e. The molecule has 37 heavy (non-hydrogen) atoms. The van der Waals surface area contributed by atoms with Gasteiger partial charge in [-0.3, -0.25) is 11.5 Å². The van der Waals surface area contributed by atoms with Gasteiger partial charge < -0.3 is 9.47 Å². The van der Waals surface area contributed by atoms with Gasteiger partial charge >= 0.3 is 0 Å². The van der Waals surface area contributed by atoms with E-state index in [0.29, 0.717) is 12.4 Å². The zero-order valence-corrected chi connectivity index (χ0v) is 22.5. The summed E-state index contributed by atoms with van der Waals surface area (Å²) >= 11 is 0. The SMILES string of the molecule is CC.CC.Cn1nc(-c2ccc3c(c2)C=CC(N)(N)O3)n1CCc1ccc(OCc2ccccc2)cc1. The topological polar surface area (TPSA) is 93.3 Å². The third-order valence-electron chi connectivity index (χ3n) is 5.70. The fourth-order valence-corrected chi connectivity index (χ4v) is 3.88. The van der Waals surface area contributed by atoms with Crippen LogP contribution in [0.2, 0.25) is 0 Å². The van der Waals surface area contributed by atoms with Crippen molar-refractivity contribution in [1.29, 1.82) is 0 Å². The van der Waals surface area contributed by atoms with Gasteiger partial charge in [-0.05, 0) is 60.0 Å². The van der Waals surface area contributed by atoms with Crippen molar-refractivity contribution >= 4 is 6.08 Å². The molecule has 5 rings (SSSR count). The molecule has 4 aromatic rings. The number of nitrogens with two attached hydrogens (primary N) is 2. The Kier molecular flexibility index (Phi) is 9.71. The second-order valence-electron chi connectivity index (χ2n) is 8.25. The van der Waals surface area contributed by atoms with E-state index in [9.17, 15) is 0 Å². The second kappa shape index (κ2) is 12.9. The first-order chi connectivity index (χ1) is 18.0. The molecule has 0 saturated heterocycles. The summed E-state index contributed by atoms with van der Waals surface area (Å²) in [5.74, 6) is 1.19. The molecular weight excluding hydrogens is 462 g/mol. The van der Waals surface area contributed by atoms with Crippen molar-refractivity contribution < 1.29 is 9.47 Å². The summed E-state index contributed by atoms with van der Waals surface area (Å²) in [6.07, 6.45) is 4.43. The van der Waals surface area contributed by atoms with E-state index in [2.05, 4.69) is 34.0 Å². The molecule has 1 aromatic heterocycles. The second-order valence-corrected chi connectivity index (χ2v) is 8.25. The van der Waals surface area contributed by atoms with Gasteiger partial charge in [0, 0.05) is 24.7 Å². The normalized spacial score (nSPS) is 12.8. The number of rotatable bonds is 7. The van der Waals surface area contributed by atoms with E-state index in [0.717, 1.165) is 41.2 Å². The van der Waals surface area contributed by atoms with Crippen LogP contribution in [-0.4, -0.2) is 20.4 Å². The highest BCUT2D eigenvalue weighted by atomic mass is 16.5. The molecule has 0 fully saturated rings. The smallest absolute Gasteiger partial charge is 0.233 e. The van der Waals surface area contributed by atoms with Crippen LogP contribution in [0.5, 0.6) is 11.5 Å². The molecule has 196 valence electrons. The highest BCUT2D eigenvalue weighted by Gasteiger charge is 2.24. The van der Waals surface area contributed by atoms with Crippen molar-refractivity contribution in [3.8, 4) is 22.9 Å². The van der Waals surface area contributed by atoms with Crippen LogP contribution in [-0.2, 0) is 26.6 Å². The van der Waals surface area contributed by atoms with Crippen LogP contribution in [0, 0.1) is 0 Å². The third-order valence-corrected chi connectivity index (χ3v) is 5.70. The third kappa shape index (κ3) is 7.12. The molecule has 0 saturated carbocycles. The Morgan fingerprint density at radius 2 is 1.59 bits per heavy atom. The molecule has 0 amide bonds. The predicted molar refractivity (Wildman–Crippen MR) is 151 cm³/mol. The van der Waals surface area contributed by atoms with Crippen LogP contribution >= 0.6 is 0 Å². The Hall–Kier alpha value is -3.81. The molecule has 7 nitrogen and oxygen atoms in total. The molecule has 7 heteroatoms. The molecule has 1 aliphatic heterocycles. The van der Waals surface area contributed by atoms with Gasteiger partial charge in [-0.1, -0.05) is 70.2 Å². The summed E-state index contributed by atoms with van der Waals surface area (Å²) in [6, 6.07) is 24.4. The lowest BCUT2D eigenvalue weighted by atomic mass is 10.1. The summed E-state index contributed by atoms with van der Waals surface area (Å²) in [5, 5.41) is 4.57. The van der Waals surface area contributed by atoms with Gasteiger partial charge in [-0.25, -0.2) is 9.48 Å². The lowest BCUT2D eigenvalue weighted by Gasteiger charge is -2.28. The molecule has 2 heterocycles. The fourth-order valence-electron chi connectivity index (χ4n) is 3.88. The first-order valence-corrected chi connectivity index (χ1v) is 12.9. The van der Waals surface area contributed by atoms with Crippen molar-refractivity contribution in [2.45, 2.75) is 53.1 Å². The van der Waals surface area contributed by atoms with Crippen molar-refractivity contribution in [2.75, 3.05) is 0 Å². The van der Waals surface area contributed by atoms with Crippen LogP contribution in [0.25, 0.3) is 17.5 Å². The number of nitrogens with zero attached hydrogens (tertiary/aromatic N) is 3. The van der Waals surface area contributed by atoms with Gasteiger partial charge in [-0.15, -0.1) is 5.10 Å². The van der Waals surface area contributed by atoms with Gasteiger partial charge in [0.05, 0.1) is 0 Å². The highest BCUT2D eigenvalue weighted by molar-refractivity contribution is 5.68. The fraction of sp³-hybridized carbons (Fsp3) is 0.300. The molecule has 0 unspecified atom stereocenters. The summed E-state index contributed by atoms with van der Waals surface area (Å²) in [7, 11) is 1.95. The molecule has 0 radical (unpaired) electrons. The predicted octanol–water partition coefficient (Wildman–Crippen LogP) is 5.74. The Balaban J connectivity index is 0.000000907. The van der Waals surface area contributed by atoms with Crippen LogP contribution in [0.4, 0.5) is 0 Å². The zero-order valence-electron chi connectivity index (χ0n) is 22.5. The van der Waals surface area contributed by atoms with E-state index in [1.807, 2.05) is 94.1 Å². The van der Waals surface area contributed by atoms with Gasteiger partial charge in [0.2, 0.25) is 5.85 Å². The van der Waals surface area contributed by atoms with Crippen molar-refractivity contribution in [2.24, 2.45) is 18.5 Å². The van der Waals surface area contributed by atoms with E-state index in [1.165, 1.54) is 5.56 Å². The Labute approximate surface area is 220 Å². The maximum absolute atomic E-state index is 5.89. The molecule has 4 N–H and O–H groups in total. The molecule has 0 atom stereocenters. The number of benzene rings is 3. The molecule has 0 aliphatic carbocycles. The van der Waals surface area contributed by atoms with E-state index >= 15 is 0 Å². The lowest BCUT2D eigenvalue weighted by molar-refractivity contribution is 0.132. The van der Waals surface area contributed by atoms with Crippen LogP contribution in [0.3, 0.4) is 0 Å². The van der Waals surface area contributed by atoms with Crippen LogP contribution < -0.4 is 20.9 Å². The van der Waals surface area contributed by atoms with Gasteiger partial charge in [0.1, 0.15) is 18.1 Å². The quantitative estimate of drug-likeness (QED) is 0.315. The van der Waals surface area contributed by atoms with Crippen molar-refractivity contribution in [3.63, 3.8) is 0 Å². The maximum atomic E-state index is 5.89. The van der Waals surface area contributed by atoms with E-state index in [4.69, 9.17) is 20.9 Å². The monoisotopic (exact) mass is 501 g/mol. The summed E-state index contributed by atoms with van der Waals surface area (Å²) < 4.78 is 13.6. The van der Waals surface area contributed by atoms with Crippen LogP contribution in [0.1, 0.15) is 44.4 Å². The average Bonchev–Trinajstić information content (AvgIpc) is 2.93. The molecule has 1 aliphatic rings. The molecule has 0 bridgehead atoms. The molecule has 0 spiro atoms. The number of fused-ring (bicyclic) bond motifs is 1. The number of hydrogen-bond acceptors (Lipinski definition) is 5. The minimum absolute atomic E-state index is 0.567. The summed E-state index contributed by atoms with van der Waals surface area (Å²) in [5.41, 5.74) is 16.0. The van der Waals surface area contributed by atoms with E-state index in [-0.39, 0.29) is 0 Å². The van der Waals surface area contributed by atoms with Gasteiger partial charge in [0.15, 0.2) is 5.82 Å². The Morgan fingerprint density at radius 3 is 2.27 bits per heavy atom. The van der Waals surface area contributed by atoms with Gasteiger partial charge in [-0.2, -0.15) is 0 Å². The summed E-state index contributed by atoms with van der Waals surface area (Å²) in [6.45, 7) is 9.38. The lowest BCUT2D eigenvalue weighted by Crippen LogP contribution is -2.53. The van der Waals surface area contributed by atoms with Crippen molar-refractivity contribution in [1.82, 2.24) is 14.6 Å². The Bertz CT molecular complexity index is 1270. The Morgan fingerprint density at radius 1 is 0.892 bits per heavy atom. The molecular formula is C30H39N5O2. The summed E-state index contributed by atoms with van der Waals surface area (Å²) in [4.78, 5) is 1.86. The number of aryl methyl sites for hydroxylation is 2. The maximum Gasteiger partial charge on any atom is 0.233 e. The number of aromatic nitrogens is 3. The highest BCUT2D eigenvalue weighted by Crippen LogP contribution is 2.31. The average molecular weight is 502 g/mol. The van der Waals surface area contributed by atoms with Crippen LogP contribution in [0.15, 0.2) is 78.9 Å². The zero-order chi connectivity index (χ0) is 26.8. The number of ether oxygens (including phenoxy) is 2. The minimum atomic E-state index is -1.27.